The van der Waals surface area contributed by atoms with Gasteiger partial charge >= 0.3 is 10.1 Å². The lowest BCUT2D eigenvalue weighted by atomic mass is 9.95. The first-order chi connectivity index (χ1) is 12.2. The maximum atomic E-state index is 13.0. The van der Waals surface area contributed by atoms with Crippen molar-refractivity contribution in [3.63, 3.8) is 0 Å². The van der Waals surface area contributed by atoms with Crippen LogP contribution in [0.3, 0.4) is 0 Å². The van der Waals surface area contributed by atoms with E-state index in [0.29, 0.717) is 15.2 Å². The largest absolute Gasteiger partial charge is 0.379 e. The van der Waals surface area contributed by atoms with Crippen LogP contribution in [0.2, 0.25) is 0 Å². The van der Waals surface area contributed by atoms with Gasteiger partial charge in [0.25, 0.3) is 0 Å². The van der Waals surface area contributed by atoms with Crippen LogP contribution < -0.4 is 4.18 Å². The summed E-state index contributed by atoms with van der Waals surface area (Å²) >= 11 is 3.85. The van der Waals surface area contributed by atoms with Crippen LogP contribution in [0.4, 0.5) is 0 Å². The number of benzene rings is 2. The first-order valence-corrected chi connectivity index (χ1v) is 12.1. The molecule has 0 bridgehead atoms. The molecule has 0 radical (unpaired) electrons. The van der Waals surface area contributed by atoms with Gasteiger partial charge in [-0.05, 0) is 80.1 Å². The maximum Gasteiger partial charge on any atom is 0.339 e. The Hall–Kier alpha value is -1.11. The van der Waals surface area contributed by atoms with Crippen molar-refractivity contribution in [1.29, 1.82) is 0 Å². The second-order valence-electron chi connectivity index (χ2n) is 6.63. The Labute approximate surface area is 165 Å². The zero-order valence-electron chi connectivity index (χ0n) is 15.8. The van der Waals surface area contributed by atoms with Crippen molar-refractivity contribution in [2.24, 2.45) is 0 Å². The van der Waals surface area contributed by atoms with Gasteiger partial charge in [0.2, 0.25) is 0 Å². The molecule has 0 aliphatic carbocycles. The summed E-state index contributed by atoms with van der Waals surface area (Å²) in [6.45, 7) is 9.65. The molecule has 3 nitrogen and oxygen atoms in total. The quantitative estimate of drug-likeness (QED) is 0.627. The second-order valence-corrected chi connectivity index (χ2v) is 10.8. The summed E-state index contributed by atoms with van der Waals surface area (Å²) in [5.41, 5.74) is 5.87. The van der Waals surface area contributed by atoms with Crippen molar-refractivity contribution in [3.05, 3.63) is 57.6 Å². The van der Waals surface area contributed by atoms with Gasteiger partial charge in [-0.25, -0.2) is 0 Å². The monoisotopic (exact) mass is 408 g/mol. The van der Waals surface area contributed by atoms with Crippen LogP contribution in [0, 0.1) is 34.6 Å². The van der Waals surface area contributed by atoms with Crippen molar-refractivity contribution in [1.82, 2.24) is 0 Å². The van der Waals surface area contributed by atoms with Crippen LogP contribution >= 0.6 is 23.5 Å². The highest BCUT2D eigenvalue weighted by Crippen LogP contribution is 2.45. The highest BCUT2D eigenvalue weighted by atomic mass is 32.2. The number of thioether (sulfide) groups is 2. The minimum atomic E-state index is -3.88. The molecule has 140 valence electrons. The first-order valence-electron chi connectivity index (χ1n) is 8.57. The third-order valence-corrected chi connectivity index (χ3v) is 9.79. The highest BCUT2D eigenvalue weighted by molar-refractivity contribution is 8.19. The standard InChI is InChI=1S/C20H24O3S3/c1-12-13(2)15(4)19(16(5)14(12)3)26(21,22)23-18-8-6-17(7-9-18)20-24-10-11-25-20/h6-9,20H,10-11H2,1-5H3. The highest BCUT2D eigenvalue weighted by Gasteiger charge is 2.26. The minimum Gasteiger partial charge on any atom is -0.379 e. The van der Waals surface area contributed by atoms with Gasteiger partial charge in [-0.2, -0.15) is 8.42 Å². The van der Waals surface area contributed by atoms with E-state index in [2.05, 4.69) is 0 Å². The summed E-state index contributed by atoms with van der Waals surface area (Å²) in [5, 5.41) is 0. The Morgan fingerprint density at radius 1 is 0.808 bits per heavy atom. The Bertz CT molecular complexity index is 897. The van der Waals surface area contributed by atoms with Gasteiger partial charge in [0.1, 0.15) is 10.6 Å². The normalized spacial score (nSPS) is 15.4. The van der Waals surface area contributed by atoms with Crippen LogP contribution in [0.25, 0.3) is 0 Å². The van der Waals surface area contributed by atoms with Gasteiger partial charge in [-0.1, -0.05) is 12.1 Å². The molecule has 0 aromatic heterocycles. The van der Waals surface area contributed by atoms with Crippen molar-refractivity contribution < 1.29 is 12.6 Å². The Balaban J connectivity index is 1.92. The van der Waals surface area contributed by atoms with Crippen molar-refractivity contribution in [3.8, 4) is 5.75 Å². The smallest absolute Gasteiger partial charge is 0.339 e. The van der Waals surface area contributed by atoms with E-state index in [1.54, 1.807) is 12.1 Å². The molecule has 2 aromatic rings. The average molecular weight is 409 g/mol. The van der Waals surface area contributed by atoms with Gasteiger partial charge in [0.05, 0.1) is 4.58 Å². The lowest BCUT2D eigenvalue weighted by Crippen LogP contribution is -2.15. The van der Waals surface area contributed by atoms with E-state index in [9.17, 15) is 8.42 Å². The molecular formula is C20H24O3S3. The Morgan fingerprint density at radius 3 is 1.77 bits per heavy atom. The first kappa shape index (κ1) is 19.6. The summed E-state index contributed by atoms with van der Waals surface area (Å²) < 4.78 is 31.9. The van der Waals surface area contributed by atoms with Crippen molar-refractivity contribution in [2.75, 3.05) is 11.5 Å². The zero-order valence-corrected chi connectivity index (χ0v) is 18.2. The molecule has 3 rings (SSSR count). The van der Waals surface area contributed by atoms with Gasteiger partial charge in [0, 0.05) is 11.5 Å². The average Bonchev–Trinajstić information content (AvgIpc) is 3.13. The third-order valence-electron chi connectivity index (χ3n) is 5.16. The van der Waals surface area contributed by atoms with Gasteiger partial charge in [-0.15, -0.1) is 23.5 Å². The molecule has 1 aliphatic rings. The molecular weight excluding hydrogens is 384 g/mol. The van der Waals surface area contributed by atoms with Crippen LogP contribution in [-0.4, -0.2) is 19.9 Å². The number of hydrogen-bond donors (Lipinski definition) is 0. The van der Waals surface area contributed by atoms with Crippen molar-refractivity contribution >= 4 is 33.6 Å². The van der Waals surface area contributed by atoms with E-state index in [-0.39, 0.29) is 0 Å². The Kier molecular flexibility index (Phi) is 5.66. The predicted molar refractivity (Wildman–Crippen MR) is 112 cm³/mol. The fourth-order valence-corrected chi connectivity index (χ4v) is 7.60. The summed E-state index contributed by atoms with van der Waals surface area (Å²) in [6, 6.07) is 7.44. The molecule has 0 atom stereocenters. The van der Waals surface area contributed by atoms with E-state index in [4.69, 9.17) is 4.18 Å². The lowest BCUT2D eigenvalue weighted by molar-refractivity contribution is 0.484. The maximum absolute atomic E-state index is 13.0. The van der Waals surface area contributed by atoms with Crippen LogP contribution in [-0.2, 0) is 10.1 Å². The molecule has 1 heterocycles. The predicted octanol–water partition coefficient (Wildman–Crippen LogP) is 5.48. The van der Waals surface area contributed by atoms with Crippen LogP contribution in [0.5, 0.6) is 5.75 Å². The fourth-order valence-electron chi connectivity index (χ4n) is 3.24. The van der Waals surface area contributed by atoms with Crippen LogP contribution in [0.15, 0.2) is 29.2 Å². The molecule has 0 amide bonds. The summed E-state index contributed by atoms with van der Waals surface area (Å²) in [5.74, 6) is 2.68. The lowest BCUT2D eigenvalue weighted by Gasteiger charge is -2.18. The minimum absolute atomic E-state index is 0.295. The number of rotatable bonds is 4. The molecule has 6 heteroatoms. The van der Waals surface area contributed by atoms with E-state index < -0.39 is 10.1 Å². The third kappa shape index (κ3) is 3.64. The molecule has 0 unspecified atom stereocenters. The molecule has 0 spiro atoms. The van der Waals surface area contributed by atoms with E-state index in [1.165, 1.54) is 5.56 Å². The topological polar surface area (TPSA) is 43.4 Å². The Morgan fingerprint density at radius 2 is 1.27 bits per heavy atom. The molecule has 2 aromatic carbocycles. The molecule has 1 fully saturated rings. The fraction of sp³-hybridized carbons (Fsp3) is 0.400. The molecule has 1 saturated heterocycles. The zero-order chi connectivity index (χ0) is 19.1. The SMILES string of the molecule is Cc1c(C)c(C)c(S(=O)(=O)Oc2ccc(C3SCCS3)cc2)c(C)c1C. The molecule has 26 heavy (non-hydrogen) atoms. The van der Waals surface area contributed by atoms with Gasteiger partial charge in [0.15, 0.2) is 0 Å². The molecule has 1 aliphatic heterocycles. The van der Waals surface area contributed by atoms with E-state index in [0.717, 1.165) is 39.3 Å². The van der Waals surface area contributed by atoms with Gasteiger partial charge in [-0.3, -0.25) is 0 Å². The van der Waals surface area contributed by atoms with Gasteiger partial charge < -0.3 is 4.18 Å². The molecule has 0 saturated carbocycles. The van der Waals surface area contributed by atoms with Crippen LogP contribution in [0.1, 0.15) is 38.0 Å². The second kappa shape index (κ2) is 7.49. The van der Waals surface area contributed by atoms with Crippen molar-refractivity contribution in [2.45, 2.75) is 44.1 Å². The summed E-state index contributed by atoms with van der Waals surface area (Å²) in [7, 11) is -3.88. The summed E-state index contributed by atoms with van der Waals surface area (Å²) in [6.07, 6.45) is 0. The van der Waals surface area contributed by atoms with E-state index >= 15 is 0 Å². The van der Waals surface area contributed by atoms with E-state index in [1.807, 2.05) is 70.3 Å². The molecule has 0 N–H and O–H groups in total. The summed E-state index contributed by atoms with van der Waals surface area (Å²) in [4.78, 5) is 0.295. The number of hydrogen-bond acceptors (Lipinski definition) is 5.